The van der Waals surface area contributed by atoms with Gasteiger partial charge in [0.05, 0.1) is 13.1 Å². The molecule has 11 heavy (non-hydrogen) atoms. The third-order valence-electron chi connectivity index (χ3n) is 3.50. The highest BCUT2D eigenvalue weighted by Gasteiger charge is 2.48. The second-order valence-electron chi connectivity index (χ2n) is 3.88. The number of hydrogen-bond donors (Lipinski definition) is 2. The Kier molecular flexibility index (Phi) is 2.95. The average molecular weight is 221 g/mol. The van der Waals surface area contributed by atoms with Crippen molar-refractivity contribution in [1.82, 2.24) is 0 Å². The van der Waals surface area contributed by atoms with E-state index >= 15 is 0 Å². The molecule has 0 spiro atoms. The maximum Gasteiger partial charge on any atom is 0.0829 e. The lowest BCUT2D eigenvalue weighted by Crippen LogP contribution is -3.00. The van der Waals surface area contributed by atoms with E-state index in [4.69, 9.17) is 5.73 Å². The van der Waals surface area contributed by atoms with Gasteiger partial charge in [0.25, 0.3) is 0 Å². The van der Waals surface area contributed by atoms with Crippen LogP contribution in [-0.2, 0) is 0 Å². The van der Waals surface area contributed by atoms with Crippen LogP contribution < -0.4 is 28.0 Å². The number of halogens is 1. The van der Waals surface area contributed by atoms with Gasteiger partial charge in [-0.3, -0.25) is 0 Å². The molecule has 2 rings (SSSR count). The van der Waals surface area contributed by atoms with Gasteiger partial charge in [-0.05, 0) is 12.8 Å². The molecule has 0 aromatic rings. The molecule has 2 aliphatic rings. The molecule has 1 saturated heterocycles. The van der Waals surface area contributed by atoms with Gasteiger partial charge in [-0.1, -0.05) is 6.42 Å². The molecule has 0 amide bonds. The molecule has 0 aromatic carbocycles. The summed E-state index contributed by atoms with van der Waals surface area (Å²) in [6, 6.07) is 0. The lowest BCUT2D eigenvalue weighted by molar-refractivity contribution is -0.643. The molecular weight excluding hydrogens is 204 g/mol. The van der Waals surface area contributed by atoms with Crippen molar-refractivity contribution in [3.63, 3.8) is 0 Å². The predicted octanol–water partition coefficient (Wildman–Crippen LogP) is -3.69. The van der Waals surface area contributed by atoms with Crippen LogP contribution in [0.4, 0.5) is 0 Å². The van der Waals surface area contributed by atoms with Crippen molar-refractivity contribution in [3.8, 4) is 0 Å². The highest BCUT2D eigenvalue weighted by Crippen LogP contribution is 2.42. The van der Waals surface area contributed by atoms with Crippen LogP contribution in [0, 0.1) is 11.3 Å². The molecule has 3 heteroatoms. The van der Waals surface area contributed by atoms with E-state index in [0.29, 0.717) is 5.41 Å². The second-order valence-corrected chi connectivity index (χ2v) is 3.88. The molecule has 0 bridgehead atoms. The van der Waals surface area contributed by atoms with Crippen LogP contribution in [0.25, 0.3) is 0 Å². The third kappa shape index (κ3) is 1.34. The van der Waals surface area contributed by atoms with Crippen molar-refractivity contribution in [1.29, 1.82) is 0 Å². The molecule has 1 saturated carbocycles. The SMILES string of the molecule is NC[C@]12CCC[C@H]1C[NH2+]C2.[Br-]. The largest absolute Gasteiger partial charge is 1.00 e. The summed E-state index contributed by atoms with van der Waals surface area (Å²) in [5, 5.41) is 2.44. The molecule has 66 valence electrons. The van der Waals surface area contributed by atoms with Crippen LogP contribution in [-0.4, -0.2) is 19.6 Å². The van der Waals surface area contributed by atoms with Gasteiger partial charge in [0.1, 0.15) is 0 Å². The van der Waals surface area contributed by atoms with E-state index in [9.17, 15) is 0 Å². The minimum absolute atomic E-state index is 0. The summed E-state index contributed by atoms with van der Waals surface area (Å²) in [5.41, 5.74) is 6.36. The lowest BCUT2D eigenvalue weighted by atomic mass is 9.81. The molecule has 2 fully saturated rings. The summed E-state index contributed by atoms with van der Waals surface area (Å²) in [7, 11) is 0. The van der Waals surface area contributed by atoms with E-state index in [1.54, 1.807) is 0 Å². The summed E-state index contributed by atoms with van der Waals surface area (Å²) in [4.78, 5) is 0. The van der Waals surface area contributed by atoms with Crippen molar-refractivity contribution >= 4 is 0 Å². The van der Waals surface area contributed by atoms with Crippen LogP contribution >= 0.6 is 0 Å². The number of nitrogens with two attached hydrogens (primary N) is 2. The smallest absolute Gasteiger partial charge is 0.0829 e. The minimum Gasteiger partial charge on any atom is -1.00 e. The molecule has 0 aromatic heterocycles. The van der Waals surface area contributed by atoms with Crippen molar-refractivity contribution < 1.29 is 22.3 Å². The Morgan fingerprint density at radius 1 is 1.55 bits per heavy atom. The van der Waals surface area contributed by atoms with Crippen LogP contribution in [0.15, 0.2) is 0 Å². The maximum atomic E-state index is 5.79. The van der Waals surface area contributed by atoms with Crippen molar-refractivity contribution in [2.75, 3.05) is 19.6 Å². The molecule has 1 heterocycles. The monoisotopic (exact) mass is 220 g/mol. The Bertz CT molecular complexity index is 128. The van der Waals surface area contributed by atoms with E-state index in [2.05, 4.69) is 5.32 Å². The van der Waals surface area contributed by atoms with Crippen molar-refractivity contribution in [3.05, 3.63) is 0 Å². The fourth-order valence-corrected chi connectivity index (χ4v) is 2.77. The number of fused-ring (bicyclic) bond motifs is 1. The van der Waals surface area contributed by atoms with Gasteiger partial charge >= 0.3 is 0 Å². The zero-order valence-corrected chi connectivity index (χ0v) is 8.44. The molecule has 2 nitrogen and oxygen atoms in total. The van der Waals surface area contributed by atoms with E-state index in [0.717, 1.165) is 12.5 Å². The number of rotatable bonds is 1. The van der Waals surface area contributed by atoms with E-state index in [1.165, 1.54) is 32.4 Å². The predicted molar refractivity (Wildman–Crippen MR) is 40.5 cm³/mol. The van der Waals surface area contributed by atoms with Gasteiger partial charge in [-0.15, -0.1) is 0 Å². The summed E-state index contributed by atoms with van der Waals surface area (Å²) >= 11 is 0. The Hall–Kier alpha value is 0.400. The zero-order chi connectivity index (χ0) is 7.03. The Morgan fingerprint density at radius 2 is 2.36 bits per heavy atom. The lowest BCUT2D eigenvalue weighted by Gasteiger charge is -2.22. The Labute approximate surface area is 78.7 Å². The minimum atomic E-state index is 0. The average Bonchev–Trinajstić information content (AvgIpc) is 2.42. The van der Waals surface area contributed by atoms with Gasteiger partial charge in [-0.25, -0.2) is 0 Å². The first kappa shape index (κ1) is 9.49. The summed E-state index contributed by atoms with van der Waals surface area (Å²) < 4.78 is 0. The zero-order valence-electron chi connectivity index (χ0n) is 6.85. The molecule has 0 unspecified atom stereocenters. The fourth-order valence-electron chi connectivity index (χ4n) is 2.77. The van der Waals surface area contributed by atoms with Crippen LogP contribution in [0.2, 0.25) is 0 Å². The van der Waals surface area contributed by atoms with Gasteiger partial charge in [0.15, 0.2) is 0 Å². The first-order valence-corrected chi connectivity index (χ1v) is 4.39. The maximum absolute atomic E-state index is 5.79. The third-order valence-corrected chi connectivity index (χ3v) is 3.50. The van der Waals surface area contributed by atoms with Crippen LogP contribution in [0.1, 0.15) is 19.3 Å². The molecule has 2 atom stereocenters. The Morgan fingerprint density at radius 3 is 3.00 bits per heavy atom. The van der Waals surface area contributed by atoms with E-state index < -0.39 is 0 Å². The van der Waals surface area contributed by atoms with Crippen molar-refractivity contribution in [2.24, 2.45) is 17.1 Å². The van der Waals surface area contributed by atoms with Gasteiger partial charge in [0.2, 0.25) is 0 Å². The van der Waals surface area contributed by atoms with Gasteiger partial charge in [-0.2, -0.15) is 0 Å². The molecule has 1 aliphatic heterocycles. The van der Waals surface area contributed by atoms with Crippen LogP contribution in [0.3, 0.4) is 0 Å². The van der Waals surface area contributed by atoms with Crippen molar-refractivity contribution in [2.45, 2.75) is 19.3 Å². The van der Waals surface area contributed by atoms with E-state index in [-0.39, 0.29) is 17.0 Å². The number of hydrogen-bond acceptors (Lipinski definition) is 1. The molecule has 0 radical (unpaired) electrons. The highest BCUT2D eigenvalue weighted by molar-refractivity contribution is 4.94. The topological polar surface area (TPSA) is 42.6 Å². The van der Waals surface area contributed by atoms with Gasteiger partial charge in [0, 0.05) is 17.9 Å². The first-order chi connectivity index (χ1) is 4.87. The summed E-state index contributed by atoms with van der Waals surface area (Å²) in [6.45, 7) is 3.57. The summed E-state index contributed by atoms with van der Waals surface area (Å²) in [6.07, 6.45) is 4.26. The number of quaternary nitrogens is 1. The summed E-state index contributed by atoms with van der Waals surface area (Å²) in [5.74, 6) is 0.956. The second kappa shape index (κ2) is 3.42. The Balaban J connectivity index is 0.000000605. The molecule has 4 N–H and O–H groups in total. The first-order valence-electron chi connectivity index (χ1n) is 4.39. The highest BCUT2D eigenvalue weighted by atomic mass is 79.9. The standard InChI is InChI=1S/C8H16N2.BrH/c9-5-8-3-1-2-7(8)4-10-6-8;/h7,10H,1-6,9H2;1H/t7-,8-;/m0./s1. The fraction of sp³-hybridized carbons (Fsp3) is 1.00. The molecular formula is C8H17BrN2. The normalized spacial score (nSPS) is 41.7. The van der Waals surface area contributed by atoms with E-state index in [1.807, 2.05) is 0 Å². The molecule has 1 aliphatic carbocycles. The van der Waals surface area contributed by atoms with Gasteiger partial charge < -0.3 is 28.0 Å². The quantitative estimate of drug-likeness (QED) is 0.470. The van der Waals surface area contributed by atoms with Crippen LogP contribution in [0.5, 0.6) is 0 Å².